The van der Waals surface area contributed by atoms with Crippen LogP contribution in [0.4, 0.5) is 11.4 Å². The van der Waals surface area contributed by atoms with Gasteiger partial charge in [0.2, 0.25) is 15.9 Å². The molecule has 0 fully saturated rings. The van der Waals surface area contributed by atoms with Crippen LogP contribution in [0, 0.1) is 17.0 Å². The maximum atomic E-state index is 13.0. The first-order valence-electron chi connectivity index (χ1n) is 10.1. The maximum Gasteiger partial charge on any atom is 0.271 e. The fourth-order valence-electron chi connectivity index (χ4n) is 3.42. The number of nitro groups is 1. The fraction of sp³-hybridized carbons (Fsp3) is 0.409. The molecule has 0 saturated carbocycles. The molecule has 8 nitrogen and oxygen atoms in total. The number of hydrogen-bond acceptors (Lipinski definition) is 5. The molecule has 2 aromatic rings. The second-order valence-electron chi connectivity index (χ2n) is 7.64. The number of non-ortho nitro benzene ring substituents is 1. The minimum atomic E-state index is -3.88. The van der Waals surface area contributed by atoms with Gasteiger partial charge in [-0.05, 0) is 44.2 Å². The topological polar surface area (TPSA) is 110 Å². The molecule has 0 aromatic heterocycles. The Bertz CT molecular complexity index is 1020. The molecular formula is C22H29N3O5S. The third-order valence-corrected chi connectivity index (χ3v) is 6.23. The molecule has 0 unspecified atom stereocenters. The molecule has 0 aliphatic heterocycles. The normalized spacial score (nSPS) is 13.3. The zero-order valence-electron chi connectivity index (χ0n) is 18.2. The van der Waals surface area contributed by atoms with E-state index in [0.29, 0.717) is 12.0 Å². The van der Waals surface area contributed by atoms with Gasteiger partial charge in [0.1, 0.15) is 6.04 Å². The van der Waals surface area contributed by atoms with Crippen molar-refractivity contribution in [2.24, 2.45) is 0 Å². The molecule has 2 rings (SSSR count). The third kappa shape index (κ3) is 6.52. The summed E-state index contributed by atoms with van der Waals surface area (Å²) in [5.41, 5.74) is 1.58. The van der Waals surface area contributed by atoms with Crippen LogP contribution in [0.25, 0.3) is 0 Å². The van der Waals surface area contributed by atoms with Crippen LogP contribution in [0.2, 0.25) is 0 Å². The van der Waals surface area contributed by atoms with Gasteiger partial charge in [-0.2, -0.15) is 0 Å². The Hall–Kier alpha value is -2.94. The van der Waals surface area contributed by atoms with Crippen LogP contribution in [-0.2, 0) is 21.2 Å². The van der Waals surface area contributed by atoms with Crippen LogP contribution < -0.4 is 9.62 Å². The number of benzene rings is 2. The smallest absolute Gasteiger partial charge is 0.271 e. The van der Waals surface area contributed by atoms with E-state index >= 15 is 0 Å². The van der Waals surface area contributed by atoms with E-state index in [0.717, 1.165) is 22.5 Å². The van der Waals surface area contributed by atoms with Gasteiger partial charge in [-0.1, -0.05) is 43.3 Å². The molecule has 0 radical (unpaired) electrons. The molecule has 0 heterocycles. The first-order valence-corrected chi connectivity index (χ1v) is 12.0. The Morgan fingerprint density at radius 1 is 1.19 bits per heavy atom. The standard InChI is InChI=1S/C22H29N3O5S/c1-5-20(22(26)23-17(3)12-13-18-9-7-6-8-10-18)24(31(4,29)30)21-15-19(25(27)28)14-11-16(21)2/h6-11,14-15,17,20H,5,12-13H2,1-4H3,(H,23,26)/t17-,20+/m0/s1. The molecule has 1 N–H and O–H groups in total. The first kappa shape index (κ1) is 24.3. The second-order valence-corrected chi connectivity index (χ2v) is 9.50. The Morgan fingerprint density at radius 2 is 1.84 bits per heavy atom. The Labute approximate surface area is 183 Å². The van der Waals surface area contributed by atoms with Gasteiger partial charge in [-0.25, -0.2) is 8.42 Å². The second kappa shape index (κ2) is 10.4. The van der Waals surface area contributed by atoms with Gasteiger partial charge in [-0.3, -0.25) is 19.2 Å². The summed E-state index contributed by atoms with van der Waals surface area (Å²) in [4.78, 5) is 23.7. The van der Waals surface area contributed by atoms with E-state index in [1.54, 1.807) is 13.8 Å². The zero-order valence-corrected chi connectivity index (χ0v) is 19.1. The molecule has 31 heavy (non-hydrogen) atoms. The highest BCUT2D eigenvalue weighted by atomic mass is 32.2. The number of nitrogens with one attached hydrogen (secondary N) is 1. The van der Waals surface area contributed by atoms with Gasteiger partial charge in [0.05, 0.1) is 16.9 Å². The molecular weight excluding hydrogens is 418 g/mol. The Balaban J connectivity index is 2.26. The minimum absolute atomic E-state index is 0.135. The van der Waals surface area contributed by atoms with Gasteiger partial charge < -0.3 is 5.32 Å². The molecule has 1 amide bonds. The number of nitrogens with zero attached hydrogens (tertiary/aromatic N) is 2. The molecule has 168 valence electrons. The van der Waals surface area contributed by atoms with Crippen LogP contribution in [0.1, 0.15) is 37.8 Å². The highest BCUT2D eigenvalue weighted by Gasteiger charge is 2.33. The summed E-state index contributed by atoms with van der Waals surface area (Å²) in [5.74, 6) is -0.431. The highest BCUT2D eigenvalue weighted by Crippen LogP contribution is 2.30. The van der Waals surface area contributed by atoms with Crippen molar-refractivity contribution in [3.63, 3.8) is 0 Å². The van der Waals surface area contributed by atoms with Crippen LogP contribution in [0.3, 0.4) is 0 Å². The summed E-state index contributed by atoms with van der Waals surface area (Å²) >= 11 is 0. The summed E-state index contributed by atoms with van der Waals surface area (Å²) in [6, 6.07) is 12.7. The summed E-state index contributed by atoms with van der Waals surface area (Å²) < 4.78 is 26.3. The maximum absolute atomic E-state index is 13.0. The molecule has 0 aliphatic rings. The number of aryl methyl sites for hydroxylation is 2. The Morgan fingerprint density at radius 3 is 2.39 bits per heavy atom. The zero-order chi connectivity index (χ0) is 23.2. The van der Waals surface area contributed by atoms with Gasteiger partial charge >= 0.3 is 0 Å². The fourth-order valence-corrected chi connectivity index (χ4v) is 4.68. The SMILES string of the molecule is CC[C@H](C(=O)N[C@@H](C)CCc1ccccc1)N(c1cc([N+](=O)[O-])ccc1C)S(C)(=O)=O. The molecule has 2 atom stereocenters. The van der Waals surface area contributed by atoms with Crippen LogP contribution in [0.5, 0.6) is 0 Å². The summed E-state index contributed by atoms with van der Waals surface area (Å²) in [6.45, 7) is 5.24. The largest absolute Gasteiger partial charge is 0.352 e. The predicted octanol–water partition coefficient (Wildman–Crippen LogP) is 3.59. The van der Waals surface area contributed by atoms with E-state index in [9.17, 15) is 23.3 Å². The highest BCUT2D eigenvalue weighted by molar-refractivity contribution is 7.92. The van der Waals surface area contributed by atoms with E-state index < -0.39 is 26.9 Å². The minimum Gasteiger partial charge on any atom is -0.352 e. The number of carbonyl (C=O) groups excluding carboxylic acids is 1. The predicted molar refractivity (Wildman–Crippen MR) is 122 cm³/mol. The van der Waals surface area contributed by atoms with Crippen LogP contribution in [0.15, 0.2) is 48.5 Å². The van der Waals surface area contributed by atoms with Gasteiger partial charge in [0, 0.05) is 18.2 Å². The van der Waals surface area contributed by atoms with Gasteiger partial charge in [-0.15, -0.1) is 0 Å². The van der Waals surface area contributed by atoms with Gasteiger partial charge in [0.15, 0.2) is 0 Å². The number of rotatable bonds is 10. The molecule has 0 saturated heterocycles. The van der Waals surface area contributed by atoms with Crippen molar-refractivity contribution in [1.82, 2.24) is 5.32 Å². The third-order valence-electron chi connectivity index (χ3n) is 5.07. The number of hydrogen-bond donors (Lipinski definition) is 1. The van der Waals surface area contributed by atoms with Crippen LogP contribution in [-0.4, -0.2) is 37.6 Å². The van der Waals surface area contributed by atoms with Crippen molar-refractivity contribution >= 4 is 27.3 Å². The Kier molecular flexibility index (Phi) is 8.15. The molecule has 9 heteroatoms. The van der Waals surface area contributed by atoms with E-state index in [-0.39, 0.29) is 23.8 Å². The lowest BCUT2D eigenvalue weighted by Crippen LogP contribution is -2.51. The van der Waals surface area contributed by atoms with Crippen molar-refractivity contribution in [3.05, 3.63) is 69.8 Å². The number of carbonyl (C=O) groups is 1. The van der Waals surface area contributed by atoms with E-state index in [1.165, 1.54) is 18.2 Å². The molecule has 0 bridgehead atoms. The van der Waals surface area contributed by atoms with Crippen molar-refractivity contribution in [2.45, 2.75) is 52.1 Å². The average Bonchev–Trinajstić information content (AvgIpc) is 2.70. The summed E-state index contributed by atoms with van der Waals surface area (Å²) in [6.07, 6.45) is 2.69. The summed E-state index contributed by atoms with van der Waals surface area (Å²) in [7, 11) is -3.88. The van der Waals surface area contributed by atoms with Gasteiger partial charge in [0.25, 0.3) is 5.69 Å². The number of amides is 1. The average molecular weight is 448 g/mol. The number of nitro benzene ring substituents is 1. The van der Waals surface area contributed by atoms with Crippen molar-refractivity contribution < 1.29 is 18.1 Å². The van der Waals surface area contributed by atoms with Crippen LogP contribution >= 0.6 is 0 Å². The van der Waals surface area contributed by atoms with Crippen molar-refractivity contribution in [3.8, 4) is 0 Å². The lowest BCUT2D eigenvalue weighted by molar-refractivity contribution is -0.384. The van der Waals surface area contributed by atoms with E-state index in [1.807, 2.05) is 37.3 Å². The first-order chi connectivity index (χ1) is 14.5. The number of anilines is 1. The number of sulfonamides is 1. The molecule has 0 spiro atoms. The van der Waals surface area contributed by atoms with Crippen molar-refractivity contribution in [2.75, 3.05) is 10.6 Å². The quantitative estimate of drug-likeness (QED) is 0.442. The monoisotopic (exact) mass is 447 g/mol. The summed E-state index contributed by atoms with van der Waals surface area (Å²) in [5, 5.41) is 14.1. The van der Waals surface area contributed by atoms with E-state index in [2.05, 4.69) is 5.32 Å². The molecule has 2 aromatic carbocycles. The lowest BCUT2D eigenvalue weighted by Gasteiger charge is -2.32. The van der Waals surface area contributed by atoms with Crippen molar-refractivity contribution in [1.29, 1.82) is 0 Å². The molecule has 0 aliphatic carbocycles. The lowest BCUT2D eigenvalue weighted by atomic mass is 10.1. The van der Waals surface area contributed by atoms with E-state index in [4.69, 9.17) is 0 Å².